The molecule has 5 rings (SSSR count). The standard InChI is InChI=1S/C22H18ClN3O2/c1-26-20(23)18-19(25-26)21(27)12-11-17(15-5-3-2-4-6-15)22(21,28-18)16-9-7-14(13-24)8-10-16/h2-10,17,27H,11-12H2,1H3/t17-,21?,22-/m0/s1. The van der Waals surface area contributed by atoms with Crippen LogP contribution in [0.3, 0.4) is 0 Å². The van der Waals surface area contributed by atoms with Gasteiger partial charge in [0.15, 0.2) is 22.1 Å². The fourth-order valence-electron chi connectivity index (χ4n) is 4.86. The van der Waals surface area contributed by atoms with Crippen LogP contribution in [0.5, 0.6) is 5.75 Å². The van der Waals surface area contributed by atoms with E-state index in [2.05, 4.69) is 23.3 Å². The number of nitriles is 1. The Labute approximate surface area is 167 Å². The first-order valence-corrected chi connectivity index (χ1v) is 9.59. The average Bonchev–Trinajstić information content (AvgIpc) is 3.27. The van der Waals surface area contributed by atoms with Gasteiger partial charge in [-0.05, 0) is 36.1 Å². The van der Waals surface area contributed by atoms with Crippen LogP contribution in [-0.2, 0) is 18.2 Å². The summed E-state index contributed by atoms with van der Waals surface area (Å²) in [7, 11) is 1.74. The number of aryl methyl sites for hydroxylation is 1. The second-order valence-electron chi connectivity index (χ2n) is 7.48. The fraction of sp³-hybridized carbons (Fsp3) is 0.273. The Morgan fingerprint density at radius 2 is 1.93 bits per heavy atom. The van der Waals surface area contributed by atoms with Crippen molar-refractivity contribution in [3.8, 4) is 11.8 Å². The Morgan fingerprint density at radius 1 is 1.21 bits per heavy atom. The summed E-state index contributed by atoms with van der Waals surface area (Å²) in [5.41, 5.74) is 0.610. The number of ether oxygens (including phenoxy) is 1. The third kappa shape index (κ3) is 2.02. The van der Waals surface area contributed by atoms with E-state index < -0.39 is 11.2 Å². The number of fused-ring (bicyclic) bond motifs is 3. The van der Waals surface area contributed by atoms with E-state index in [1.807, 2.05) is 30.3 Å². The molecule has 2 aromatic carbocycles. The second-order valence-corrected chi connectivity index (χ2v) is 7.84. The largest absolute Gasteiger partial charge is 0.473 e. The molecule has 1 fully saturated rings. The van der Waals surface area contributed by atoms with E-state index >= 15 is 0 Å². The Hall–Kier alpha value is -2.81. The van der Waals surface area contributed by atoms with Crippen molar-refractivity contribution < 1.29 is 9.84 Å². The number of nitrogens with zero attached hydrogens (tertiary/aromatic N) is 3. The smallest absolute Gasteiger partial charge is 0.184 e. The lowest BCUT2D eigenvalue weighted by molar-refractivity contribution is -0.108. The molecule has 3 atom stereocenters. The molecule has 0 bridgehead atoms. The van der Waals surface area contributed by atoms with E-state index in [1.165, 1.54) is 4.68 Å². The predicted octanol–water partition coefficient (Wildman–Crippen LogP) is 4.00. The summed E-state index contributed by atoms with van der Waals surface area (Å²) in [4.78, 5) is 0. The molecule has 5 nitrogen and oxygen atoms in total. The highest BCUT2D eigenvalue weighted by molar-refractivity contribution is 6.31. The maximum absolute atomic E-state index is 12.0. The van der Waals surface area contributed by atoms with Crippen molar-refractivity contribution in [2.24, 2.45) is 7.05 Å². The highest BCUT2D eigenvalue weighted by Crippen LogP contribution is 2.67. The van der Waals surface area contributed by atoms with Gasteiger partial charge in [-0.2, -0.15) is 10.4 Å². The molecule has 2 heterocycles. The summed E-state index contributed by atoms with van der Waals surface area (Å²) in [6.07, 6.45) is 1.25. The number of hydrogen-bond acceptors (Lipinski definition) is 4. The Bertz CT molecular complexity index is 1100. The van der Waals surface area contributed by atoms with Gasteiger partial charge in [-0.3, -0.25) is 4.68 Å². The summed E-state index contributed by atoms with van der Waals surface area (Å²) in [5, 5.41) is 26.0. The first-order chi connectivity index (χ1) is 13.5. The summed E-state index contributed by atoms with van der Waals surface area (Å²) in [5.74, 6) is 0.360. The van der Waals surface area contributed by atoms with Gasteiger partial charge in [-0.25, -0.2) is 0 Å². The maximum Gasteiger partial charge on any atom is 0.184 e. The molecular formula is C22H18ClN3O2. The van der Waals surface area contributed by atoms with Crippen molar-refractivity contribution in [2.45, 2.75) is 30.0 Å². The zero-order valence-corrected chi connectivity index (χ0v) is 16.0. The highest BCUT2D eigenvalue weighted by Gasteiger charge is 2.70. The minimum absolute atomic E-state index is 0.0813. The minimum atomic E-state index is -1.30. The van der Waals surface area contributed by atoms with Gasteiger partial charge in [0.25, 0.3) is 0 Å². The van der Waals surface area contributed by atoms with Crippen LogP contribution in [0.15, 0.2) is 54.6 Å². The number of aromatic nitrogens is 2. The van der Waals surface area contributed by atoms with Gasteiger partial charge in [0.1, 0.15) is 5.69 Å². The number of rotatable bonds is 2. The molecule has 0 spiro atoms. The lowest BCUT2D eigenvalue weighted by Gasteiger charge is -2.40. The average molecular weight is 392 g/mol. The van der Waals surface area contributed by atoms with Gasteiger partial charge in [0, 0.05) is 13.0 Å². The molecule has 28 heavy (non-hydrogen) atoms. The van der Waals surface area contributed by atoms with E-state index in [-0.39, 0.29) is 5.92 Å². The molecule has 0 amide bonds. The molecule has 3 aromatic rings. The molecule has 1 aliphatic carbocycles. The van der Waals surface area contributed by atoms with Crippen LogP contribution >= 0.6 is 11.6 Å². The Balaban J connectivity index is 1.76. The fourth-order valence-corrected chi connectivity index (χ4v) is 5.03. The Kier molecular flexibility index (Phi) is 3.61. The van der Waals surface area contributed by atoms with E-state index in [0.29, 0.717) is 28.6 Å². The van der Waals surface area contributed by atoms with Gasteiger partial charge in [-0.15, -0.1) is 0 Å². The number of aliphatic hydroxyl groups is 1. The summed E-state index contributed by atoms with van der Waals surface area (Å²) < 4.78 is 8.08. The van der Waals surface area contributed by atoms with Crippen molar-refractivity contribution in [3.63, 3.8) is 0 Å². The molecule has 0 radical (unpaired) electrons. The summed E-state index contributed by atoms with van der Waals surface area (Å²) >= 11 is 6.44. The molecular weight excluding hydrogens is 374 g/mol. The molecule has 6 heteroatoms. The van der Waals surface area contributed by atoms with E-state index in [9.17, 15) is 10.4 Å². The lowest BCUT2D eigenvalue weighted by Crippen LogP contribution is -2.48. The molecule has 2 aliphatic rings. The normalized spacial score (nSPS) is 27.7. The zero-order valence-electron chi connectivity index (χ0n) is 15.3. The van der Waals surface area contributed by atoms with Crippen molar-refractivity contribution in [1.29, 1.82) is 5.26 Å². The minimum Gasteiger partial charge on any atom is -0.473 e. The van der Waals surface area contributed by atoms with Crippen LogP contribution in [0.2, 0.25) is 5.15 Å². The monoisotopic (exact) mass is 391 g/mol. The predicted molar refractivity (Wildman–Crippen MR) is 104 cm³/mol. The Morgan fingerprint density at radius 3 is 2.61 bits per heavy atom. The van der Waals surface area contributed by atoms with E-state index in [4.69, 9.17) is 16.3 Å². The summed E-state index contributed by atoms with van der Waals surface area (Å²) in [6.45, 7) is 0. The van der Waals surface area contributed by atoms with Crippen LogP contribution in [0.4, 0.5) is 0 Å². The second kappa shape index (κ2) is 5.84. The van der Waals surface area contributed by atoms with Crippen molar-refractivity contribution in [3.05, 3.63) is 82.1 Å². The maximum atomic E-state index is 12.0. The lowest BCUT2D eigenvalue weighted by atomic mass is 9.73. The van der Waals surface area contributed by atoms with Crippen LogP contribution in [0.1, 0.15) is 41.1 Å². The zero-order chi connectivity index (χ0) is 19.5. The number of benzene rings is 2. The molecule has 0 saturated heterocycles. The van der Waals surface area contributed by atoms with Crippen LogP contribution in [0.25, 0.3) is 0 Å². The number of hydrogen-bond donors (Lipinski definition) is 1. The summed E-state index contributed by atoms with van der Waals surface area (Å²) in [6, 6.07) is 19.5. The van der Waals surface area contributed by atoms with Gasteiger partial charge >= 0.3 is 0 Å². The van der Waals surface area contributed by atoms with Gasteiger partial charge in [-0.1, -0.05) is 54.1 Å². The van der Waals surface area contributed by atoms with Crippen molar-refractivity contribution >= 4 is 11.6 Å². The molecule has 1 saturated carbocycles. The molecule has 1 N–H and O–H groups in total. The quantitative estimate of drug-likeness (QED) is 0.716. The van der Waals surface area contributed by atoms with Gasteiger partial charge in [0.05, 0.1) is 11.6 Å². The van der Waals surface area contributed by atoms with Crippen molar-refractivity contribution in [2.75, 3.05) is 0 Å². The SMILES string of the molecule is Cn1nc2c(c1Cl)O[C@@]1(c3ccc(C#N)cc3)[C@H](c3ccccc3)CCC21O. The molecule has 1 unspecified atom stereocenters. The van der Waals surface area contributed by atoms with Gasteiger partial charge < -0.3 is 9.84 Å². The third-order valence-electron chi connectivity index (χ3n) is 6.14. The van der Waals surface area contributed by atoms with Crippen molar-refractivity contribution in [1.82, 2.24) is 9.78 Å². The van der Waals surface area contributed by atoms with Crippen LogP contribution < -0.4 is 4.74 Å². The van der Waals surface area contributed by atoms with Crippen LogP contribution in [0, 0.1) is 11.3 Å². The van der Waals surface area contributed by atoms with E-state index in [1.54, 1.807) is 19.2 Å². The number of halogens is 1. The first-order valence-electron chi connectivity index (χ1n) is 9.21. The molecule has 1 aliphatic heterocycles. The third-order valence-corrected chi connectivity index (χ3v) is 6.55. The first kappa shape index (κ1) is 17.3. The van der Waals surface area contributed by atoms with E-state index in [0.717, 1.165) is 17.5 Å². The topological polar surface area (TPSA) is 71.1 Å². The molecule has 140 valence electrons. The van der Waals surface area contributed by atoms with Gasteiger partial charge in [0.2, 0.25) is 0 Å². The molecule has 1 aromatic heterocycles. The van der Waals surface area contributed by atoms with Crippen LogP contribution in [-0.4, -0.2) is 14.9 Å². The highest BCUT2D eigenvalue weighted by atomic mass is 35.5.